The molecule has 1 saturated carbocycles. The zero-order chi connectivity index (χ0) is 8.65. The first-order chi connectivity index (χ1) is 4.91. The van der Waals surface area contributed by atoms with E-state index in [-0.39, 0.29) is 5.41 Å². The SMILES string of the molecule is CC1CC(C(=O)C(C)(C)C)C1. The normalized spacial score (nSPS) is 31.3. The minimum atomic E-state index is -0.120. The predicted molar refractivity (Wildman–Crippen MR) is 46.4 cm³/mol. The molecule has 0 radical (unpaired) electrons. The van der Waals surface area contributed by atoms with Gasteiger partial charge in [-0.25, -0.2) is 0 Å². The summed E-state index contributed by atoms with van der Waals surface area (Å²) in [5, 5.41) is 0. The number of carbonyl (C=O) groups excluding carboxylic acids is 1. The van der Waals surface area contributed by atoms with Gasteiger partial charge in [-0.15, -0.1) is 0 Å². The van der Waals surface area contributed by atoms with Crippen molar-refractivity contribution in [3.8, 4) is 0 Å². The lowest BCUT2D eigenvalue weighted by Crippen LogP contribution is -2.36. The fourth-order valence-corrected chi connectivity index (χ4v) is 1.73. The van der Waals surface area contributed by atoms with Gasteiger partial charge in [0, 0.05) is 11.3 Å². The molecule has 0 aromatic carbocycles. The third-order valence-electron chi connectivity index (χ3n) is 2.48. The van der Waals surface area contributed by atoms with Crippen LogP contribution in [-0.2, 0) is 4.79 Å². The maximum Gasteiger partial charge on any atom is 0.141 e. The minimum Gasteiger partial charge on any atom is -0.299 e. The molecule has 1 aliphatic carbocycles. The predicted octanol–water partition coefficient (Wildman–Crippen LogP) is 2.65. The van der Waals surface area contributed by atoms with Gasteiger partial charge in [0.05, 0.1) is 0 Å². The second kappa shape index (κ2) is 2.62. The van der Waals surface area contributed by atoms with Crippen LogP contribution in [0.15, 0.2) is 0 Å². The quantitative estimate of drug-likeness (QED) is 0.567. The molecule has 1 nitrogen and oxygen atoms in total. The summed E-state index contributed by atoms with van der Waals surface area (Å²) >= 11 is 0. The van der Waals surface area contributed by atoms with E-state index in [0.717, 1.165) is 18.8 Å². The number of rotatable bonds is 1. The molecular weight excluding hydrogens is 136 g/mol. The monoisotopic (exact) mass is 154 g/mol. The Hall–Kier alpha value is -0.330. The van der Waals surface area contributed by atoms with Crippen LogP contribution in [0.2, 0.25) is 0 Å². The van der Waals surface area contributed by atoms with Gasteiger partial charge < -0.3 is 0 Å². The van der Waals surface area contributed by atoms with Gasteiger partial charge in [-0.3, -0.25) is 4.79 Å². The van der Waals surface area contributed by atoms with Crippen molar-refractivity contribution in [2.24, 2.45) is 17.3 Å². The van der Waals surface area contributed by atoms with Crippen molar-refractivity contribution < 1.29 is 4.79 Å². The fourth-order valence-electron chi connectivity index (χ4n) is 1.73. The smallest absolute Gasteiger partial charge is 0.141 e. The van der Waals surface area contributed by atoms with E-state index in [9.17, 15) is 4.79 Å². The average molecular weight is 154 g/mol. The van der Waals surface area contributed by atoms with E-state index < -0.39 is 0 Å². The highest BCUT2D eigenvalue weighted by Crippen LogP contribution is 2.38. The van der Waals surface area contributed by atoms with Crippen molar-refractivity contribution in [3.63, 3.8) is 0 Å². The number of carbonyl (C=O) groups is 1. The molecule has 0 amide bonds. The first-order valence-electron chi connectivity index (χ1n) is 4.45. The Bertz CT molecular complexity index is 158. The van der Waals surface area contributed by atoms with E-state index in [1.807, 2.05) is 20.8 Å². The highest BCUT2D eigenvalue weighted by molar-refractivity contribution is 5.86. The van der Waals surface area contributed by atoms with E-state index in [4.69, 9.17) is 0 Å². The summed E-state index contributed by atoms with van der Waals surface area (Å²) in [6, 6.07) is 0. The van der Waals surface area contributed by atoms with Crippen molar-refractivity contribution >= 4 is 5.78 Å². The van der Waals surface area contributed by atoms with Crippen LogP contribution in [0, 0.1) is 17.3 Å². The molecule has 0 atom stereocenters. The van der Waals surface area contributed by atoms with Crippen LogP contribution in [-0.4, -0.2) is 5.78 Å². The lowest BCUT2D eigenvalue weighted by atomic mass is 9.68. The van der Waals surface area contributed by atoms with E-state index in [2.05, 4.69) is 6.92 Å². The topological polar surface area (TPSA) is 17.1 Å². The van der Waals surface area contributed by atoms with Crippen molar-refractivity contribution in [2.75, 3.05) is 0 Å². The maximum atomic E-state index is 11.6. The lowest BCUT2D eigenvalue weighted by Gasteiger charge is -2.35. The molecule has 0 aromatic heterocycles. The number of hydrogen-bond donors (Lipinski definition) is 0. The highest BCUT2D eigenvalue weighted by atomic mass is 16.1. The van der Waals surface area contributed by atoms with Crippen LogP contribution < -0.4 is 0 Å². The van der Waals surface area contributed by atoms with Gasteiger partial charge in [0.25, 0.3) is 0 Å². The Morgan fingerprint density at radius 2 is 1.73 bits per heavy atom. The molecule has 1 rings (SSSR count). The van der Waals surface area contributed by atoms with Gasteiger partial charge in [-0.05, 0) is 18.8 Å². The van der Waals surface area contributed by atoms with Gasteiger partial charge in [-0.1, -0.05) is 27.7 Å². The standard InChI is InChI=1S/C10H18O/c1-7-5-8(6-7)9(11)10(2,3)4/h7-8H,5-6H2,1-4H3. The zero-order valence-corrected chi connectivity index (χ0v) is 7.98. The third kappa shape index (κ3) is 1.82. The van der Waals surface area contributed by atoms with Crippen LogP contribution in [0.4, 0.5) is 0 Å². The van der Waals surface area contributed by atoms with E-state index in [1.54, 1.807) is 0 Å². The largest absolute Gasteiger partial charge is 0.299 e. The first kappa shape index (κ1) is 8.76. The molecule has 1 fully saturated rings. The second-order valence-corrected chi connectivity index (χ2v) is 4.89. The second-order valence-electron chi connectivity index (χ2n) is 4.89. The lowest BCUT2D eigenvalue weighted by molar-refractivity contribution is -0.134. The molecule has 0 spiro atoms. The molecule has 11 heavy (non-hydrogen) atoms. The molecule has 0 N–H and O–H groups in total. The van der Waals surface area contributed by atoms with Crippen molar-refractivity contribution in [1.82, 2.24) is 0 Å². The van der Waals surface area contributed by atoms with Crippen LogP contribution >= 0.6 is 0 Å². The van der Waals surface area contributed by atoms with Gasteiger partial charge in [-0.2, -0.15) is 0 Å². The minimum absolute atomic E-state index is 0.120. The van der Waals surface area contributed by atoms with Crippen LogP contribution in [0.1, 0.15) is 40.5 Å². The summed E-state index contributed by atoms with van der Waals surface area (Å²) < 4.78 is 0. The summed E-state index contributed by atoms with van der Waals surface area (Å²) in [6.45, 7) is 8.25. The molecule has 0 unspecified atom stereocenters. The Labute approximate surface area is 69.2 Å². The van der Waals surface area contributed by atoms with Crippen LogP contribution in [0.5, 0.6) is 0 Å². The van der Waals surface area contributed by atoms with Gasteiger partial charge in [0.2, 0.25) is 0 Å². The summed E-state index contributed by atoms with van der Waals surface area (Å²) in [6.07, 6.45) is 2.24. The van der Waals surface area contributed by atoms with Crippen molar-refractivity contribution in [3.05, 3.63) is 0 Å². The number of hydrogen-bond acceptors (Lipinski definition) is 1. The number of Topliss-reactive ketones (excluding diaryl/α,β-unsaturated/α-hetero) is 1. The van der Waals surface area contributed by atoms with E-state index >= 15 is 0 Å². The maximum absolute atomic E-state index is 11.6. The molecule has 0 bridgehead atoms. The summed E-state index contributed by atoms with van der Waals surface area (Å²) in [5.74, 6) is 1.62. The van der Waals surface area contributed by atoms with Gasteiger partial charge in [0.1, 0.15) is 5.78 Å². The molecule has 1 heteroatoms. The van der Waals surface area contributed by atoms with Gasteiger partial charge >= 0.3 is 0 Å². The molecule has 0 aromatic rings. The zero-order valence-electron chi connectivity index (χ0n) is 7.98. The van der Waals surface area contributed by atoms with Crippen molar-refractivity contribution in [1.29, 1.82) is 0 Å². The molecule has 0 saturated heterocycles. The van der Waals surface area contributed by atoms with Crippen LogP contribution in [0.3, 0.4) is 0 Å². The third-order valence-corrected chi connectivity index (χ3v) is 2.48. The van der Waals surface area contributed by atoms with Gasteiger partial charge in [0.15, 0.2) is 0 Å². The number of ketones is 1. The Morgan fingerprint density at radius 1 is 1.27 bits per heavy atom. The Balaban J connectivity index is 2.45. The van der Waals surface area contributed by atoms with E-state index in [0.29, 0.717) is 11.7 Å². The Morgan fingerprint density at radius 3 is 2.00 bits per heavy atom. The summed E-state index contributed by atoms with van der Waals surface area (Å²) in [7, 11) is 0. The average Bonchev–Trinajstić information content (AvgIpc) is 1.77. The van der Waals surface area contributed by atoms with E-state index in [1.165, 1.54) is 0 Å². The Kier molecular flexibility index (Phi) is 2.08. The molecular formula is C10H18O. The molecule has 1 aliphatic rings. The molecule has 64 valence electrons. The van der Waals surface area contributed by atoms with Crippen molar-refractivity contribution in [2.45, 2.75) is 40.5 Å². The highest BCUT2D eigenvalue weighted by Gasteiger charge is 2.36. The fraction of sp³-hybridized carbons (Fsp3) is 0.900. The summed E-state index contributed by atoms with van der Waals surface area (Å²) in [5.41, 5.74) is -0.120. The van der Waals surface area contributed by atoms with Crippen LogP contribution in [0.25, 0.3) is 0 Å². The molecule has 0 aliphatic heterocycles. The first-order valence-corrected chi connectivity index (χ1v) is 4.45. The summed E-state index contributed by atoms with van der Waals surface area (Å²) in [4.78, 5) is 11.6. The molecule has 0 heterocycles.